The van der Waals surface area contributed by atoms with Gasteiger partial charge in [-0.05, 0) is 43.2 Å². The number of rotatable bonds is 4. The molecule has 32 heavy (non-hydrogen) atoms. The molecule has 168 valence electrons. The number of hydrogen-bond donors (Lipinski definition) is 1. The Morgan fingerprint density at radius 2 is 1.69 bits per heavy atom. The molecule has 4 rings (SSSR count). The van der Waals surface area contributed by atoms with Gasteiger partial charge < -0.3 is 9.88 Å². The SMILES string of the molecule is Cn1c(C(=O)NC2CCC(F)(F)CC2)nc(-c2ccc(Cl)cc2Cl)c1-c1ccc(Cl)cc1. The lowest BCUT2D eigenvalue weighted by atomic mass is 9.92. The maximum absolute atomic E-state index is 13.5. The minimum atomic E-state index is -2.66. The van der Waals surface area contributed by atoms with Crippen LogP contribution in [0.15, 0.2) is 42.5 Å². The fraction of sp³-hybridized carbons (Fsp3) is 0.304. The molecule has 0 saturated heterocycles. The third kappa shape index (κ3) is 4.77. The molecular weight excluding hydrogens is 479 g/mol. The average molecular weight is 499 g/mol. The fourth-order valence-electron chi connectivity index (χ4n) is 3.94. The van der Waals surface area contributed by atoms with Crippen LogP contribution >= 0.6 is 34.8 Å². The number of hydrogen-bond acceptors (Lipinski definition) is 2. The summed E-state index contributed by atoms with van der Waals surface area (Å²) in [6, 6.07) is 11.9. The van der Waals surface area contributed by atoms with Gasteiger partial charge in [0.25, 0.3) is 5.91 Å². The molecule has 1 aliphatic carbocycles. The minimum Gasteiger partial charge on any atom is -0.347 e. The lowest BCUT2D eigenvalue weighted by Gasteiger charge is -2.28. The Labute approximate surface area is 199 Å². The number of amides is 1. The van der Waals surface area contributed by atoms with Crippen LogP contribution in [0.5, 0.6) is 0 Å². The number of aromatic nitrogens is 2. The smallest absolute Gasteiger partial charge is 0.287 e. The van der Waals surface area contributed by atoms with Crippen molar-refractivity contribution in [3.05, 3.63) is 63.4 Å². The fourth-order valence-corrected chi connectivity index (χ4v) is 4.57. The Bertz CT molecular complexity index is 1150. The van der Waals surface area contributed by atoms with E-state index in [4.69, 9.17) is 34.8 Å². The maximum atomic E-state index is 13.5. The summed E-state index contributed by atoms with van der Waals surface area (Å²) in [4.78, 5) is 17.7. The second-order valence-electron chi connectivity index (χ2n) is 7.93. The summed E-state index contributed by atoms with van der Waals surface area (Å²) in [5, 5.41) is 4.31. The van der Waals surface area contributed by atoms with Crippen LogP contribution in [0, 0.1) is 0 Å². The molecule has 1 saturated carbocycles. The van der Waals surface area contributed by atoms with Crippen LogP contribution in [-0.2, 0) is 7.05 Å². The van der Waals surface area contributed by atoms with Crippen molar-refractivity contribution in [3.8, 4) is 22.5 Å². The Hall–Kier alpha value is -2.15. The summed E-state index contributed by atoms with van der Waals surface area (Å²) in [5.74, 6) is -2.92. The molecule has 0 unspecified atom stereocenters. The number of nitrogens with one attached hydrogen (secondary N) is 1. The van der Waals surface area contributed by atoms with Crippen LogP contribution in [0.3, 0.4) is 0 Å². The van der Waals surface area contributed by atoms with Gasteiger partial charge in [0.1, 0.15) is 0 Å². The predicted molar refractivity (Wildman–Crippen MR) is 124 cm³/mol. The average Bonchev–Trinajstić information content (AvgIpc) is 3.07. The highest BCUT2D eigenvalue weighted by molar-refractivity contribution is 6.36. The number of alkyl halides is 2. The first-order chi connectivity index (χ1) is 15.1. The van der Waals surface area contributed by atoms with Gasteiger partial charge in [-0.25, -0.2) is 13.8 Å². The first-order valence-electron chi connectivity index (χ1n) is 10.1. The van der Waals surface area contributed by atoms with Crippen molar-refractivity contribution in [2.24, 2.45) is 7.05 Å². The standard InChI is InChI=1S/C23H20Cl3F2N3O/c1-31-20(13-2-4-14(24)5-3-13)19(17-7-6-15(25)12-18(17)26)30-21(31)22(32)29-16-8-10-23(27,28)11-9-16/h2-7,12,16H,8-11H2,1H3,(H,29,32). The third-order valence-electron chi connectivity index (χ3n) is 5.65. The van der Waals surface area contributed by atoms with E-state index in [1.807, 2.05) is 12.1 Å². The first kappa shape index (κ1) is 23.0. The minimum absolute atomic E-state index is 0.160. The van der Waals surface area contributed by atoms with E-state index in [0.29, 0.717) is 32.0 Å². The van der Waals surface area contributed by atoms with Crippen molar-refractivity contribution in [1.29, 1.82) is 0 Å². The molecule has 0 bridgehead atoms. The molecule has 1 N–H and O–H groups in total. The highest BCUT2D eigenvalue weighted by Gasteiger charge is 2.36. The van der Waals surface area contributed by atoms with Gasteiger partial charge in [-0.3, -0.25) is 4.79 Å². The highest BCUT2D eigenvalue weighted by atomic mass is 35.5. The number of imidazole rings is 1. The van der Waals surface area contributed by atoms with Gasteiger partial charge in [0.05, 0.1) is 16.4 Å². The quantitative estimate of drug-likeness (QED) is 0.420. The van der Waals surface area contributed by atoms with E-state index < -0.39 is 11.8 Å². The Balaban J connectivity index is 1.74. The van der Waals surface area contributed by atoms with E-state index >= 15 is 0 Å². The number of carbonyl (C=O) groups is 1. The zero-order chi connectivity index (χ0) is 23.0. The third-order valence-corrected chi connectivity index (χ3v) is 6.45. The number of benzene rings is 2. The lowest BCUT2D eigenvalue weighted by molar-refractivity contribution is -0.0399. The topological polar surface area (TPSA) is 46.9 Å². The monoisotopic (exact) mass is 497 g/mol. The summed E-state index contributed by atoms with van der Waals surface area (Å²) in [6.07, 6.45) is -0.0213. The molecule has 1 aliphatic rings. The van der Waals surface area contributed by atoms with Crippen LogP contribution in [0.2, 0.25) is 15.1 Å². The van der Waals surface area contributed by atoms with Crippen molar-refractivity contribution >= 4 is 40.7 Å². The number of halogens is 5. The predicted octanol–water partition coefficient (Wildman–Crippen LogP) is 7.02. The summed E-state index contributed by atoms with van der Waals surface area (Å²) in [6.45, 7) is 0. The normalized spacial score (nSPS) is 16.2. The van der Waals surface area contributed by atoms with Gasteiger partial charge in [0.15, 0.2) is 5.82 Å². The van der Waals surface area contributed by atoms with Crippen LogP contribution < -0.4 is 5.32 Å². The van der Waals surface area contributed by atoms with Gasteiger partial charge in [-0.1, -0.05) is 46.9 Å². The van der Waals surface area contributed by atoms with Gasteiger partial charge in [-0.2, -0.15) is 0 Å². The Morgan fingerprint density at radius 1 is 1.06 bits per heavy atom. The summed E-state index contributed by atoms with van der Waals surface area (Å²) in [5.41, 5.74) is 2.60. The Kier molecular flexibility index (Phi) is 6.48. The second kappa shape index (κ2) is 9.00. The van der Waals surface area contributed by atoms with Gasteiger partial charge in [-0.15, -0.1) is 0 Å². The largest absolute Gasteiger partial charge is 0.347 e. The Morgan fingerprint density at radius 3 is 2.31 bits per heavy atom. The van der Waals surface area contributed by atoms with Crippen molar-refractivity contribution in [2.45, 2.75) is 37.6 Å². The first-order valence-corrected chi connectivity index (χ1v) is 11.2. The van der Waals surface area contributed by atoms with Crippen molar-refractivity contribution < 1.29 is 13.6 Å². The molecule has 2 aromatic carbocycles. The maximum Gasteiger partial charge on any atom is 0.287 e. The van der Waals surface area contributed by atoms with E-state index in [9.17, 15) is 13.6 Å². The van der Waals surface area contributed by atoms with E-state index in [-0.39, 0.29) is 37.5 Å². The summed E-state index contributed by atoms with van der Waals surface area (Å²) >= 11 is 18.5. The van der Waals surface area contributed by atoms with Crippen molar-refractivity contribution in [2.75, 3.05) is 0 Å². The molecule has 9 heteroatoms. The van der Waals surface area contributed by atoms with Crippen molar-refractivity contribution in [1.82, 2.24) is 14.9 Å². The molecule has 1 amide bonds. The second-order valence-corrected chi connectivity index (χ2v) is 9.21. The van der Waals surface area contributed by atoms with Crippen LogP contribution in [0.25, 0.3) is 22.5 Å². The number of carbonyl (C=O) groups excluding carboxylic acids is 1. The zero-order valence-corrected chi connectivity index (χ0v) is 19.4. The van der Waals surface area contributed by atoms with E-state index in [1.54, 1.807) is 41.9 Å². The van der Waals surface area contributed by atoms with Gasteiger partial charge in [0.2, 0.25) is 5.92 Å². The van der Waals surface area contributed by atoms with Crippen LogP contribution in [-0.4, -0.2) is 27.4 Å². The molecule has 1 heterocycles. The van der Waals surface area contributed by atoms with E-state index in [2.05, 4.69) is 10.3 Å². The van der Waals surface area contributed by atoms with E-state index in [0.717, 1.165) is 5.56 Å². The van der Waals surface area contributed by atoms with Crippen LogP contribution in [0.4, 0.5) is 8.78 Å². The molecule has 1 aromatic heterocycles. The van der Waals surface area contributed by atoms with E-state index in [1.165, 1.54) is 0 Å². The lowest BCUT2D eigenvalue weighted by Crippen LogP contribution is -2.41. The highest BCUT2D eigenvalue weighted by Crippen LogP contribution is 2.38. The van der Waals surface area contributed by atoms with Crippen LogP contribution in [0.1, 0.15) is 36.3 Å². The zero-order valence-electron chi connectivity index (χ0n) is 17.1. The van der Waals surface area contributed by atoms with Gasteiger partial charge in [0, 0.05) is 47.1 Å². The molecule has 0 atom stereocenters. The molecule has 0 aliphatic heterocycles. The molecule has 0 radical (unpaired) electrons. The summed E-state index contributed by atoms with van der Waals surface area (Å²) < 4.78 is 28.6. The molecular formula is C23H20Cl3F2N3O. The van der Waals surface area contributed by atoms with Crippen molar-refractivity contribution in [3.63, 3.8) is 0 Å². The van der Waals surface area contributed by atoms with Gasteiger partial charge >= 0.3 is 0 Å². The molecule has 3 aromatic rings. The molecule has 1 fully saturated rings. The molecule has 0 spiro atoms. The summed E-state index contributed by atoms with van der Waals surface area (Å²) in [7, 11) is 1.73. The number of nitrogens with zero attached hydrogens (tertiary/aromatic N) is 2. The molecule has 4 nitrogen and oxygen atoms in total.